The van der Waals surface area contributed by atoms with Gasteiger partial charge in [0.15, 0.2) is 0 Å². The number of hydrogen-bond acceptors (Lipinski definition) is 4. The summed E-state index contributed by atoms with van der Waals surface area (Å²) >= 11 is 1.72. The predicted octanol–water partition coefficient (Wildman–Crippen LogP) is 2.28. The molecule has 88 valence electrons. The number of fused-ring (bicyclic) bond motifs is 1. The monoisotopic (exact) mass is 245 g/mol. The lowest BCUT2D eigenvalue weighted by molar-refractivity contribution is 0.246. The van der Waals surface area contributed by atoms with Crippen molar-refractivity contribution in [3.05, 3.63) is 45.9 Å². The molecule has 0 aliphatic carbocycles. The van der Waals surface area contributed by atoms with Gasteiger partial charge in [0, 0.05) is 30.4 Å². The van der Waals surface area contributed by atoms with Gasteiger partial charge in [-0.1, -0.05) is 12.1 Å². The molecule has 4 heteroatoms. The summed E-state index contributed by atoms with van der Waals surface area (Å²) in [6.45, 7) is 2.98. The molecule has 2 heterocycles. The lowest BCUT2D eigenvalue weighted by Crippen LogP contribution is -2.30. The summed E-state index contributed by atoms with van der Waals surface area (Å²) in [5, 5.41) is 3.21. The smallest absolute Gasteiger partial charge is 0.107 e. The molecule has 0 fully saturated rings. The number of rotatable bonds is 2. The van der Waals surface area contributed by atoms with E-state index in [0.717, 1.165) is 31.7 Å². The van der Waals surface area contributed by atoms with E-state index in [9.17, 15) is 0 Å². The van der Waals surface area contributed by atoms with Crippen LogP contribution in [0.1, 0.15) is 16.1 Å². The maximum Gasteiger partial charge on any atom is 0.107 e. The molecular weight excluding hydrogens is 230 g/mol. The molecule has 0 saturated heterocycles. The van der Waals surface area contributed by atoms with Crippen LogP contribution in [0, 0.1) is 0 Å². The average Bonchev–Trinajstić information content (AvgIpc) is 2.83. The van der Waals surface area contributed by atoms with E-state index in [1.54, 1.807) is 11.3 Å². The standard InChI is InChI=1S/C13H15N3S/c14-12-3-1-2-10-4-6-16(8-11(10)12)9-13-15-5-7-17-13/h1-3,5,7H,4,6,8-9,14H2. The highest BCUT2D eigenvalue weighted by Gasteiger charge is 2.18. The Morgan fingerprint density at radius 1 is 1.41 bits per heavy atom. The first-order valence-corrected chi connectivity index (χ1v) is 6.68. The molecule has 0 radical (unpaired) electrons. The number of benzene rings is 1. The van der Waals surface area contributed by atoms with Gasteiger partial charge in [-0.2, -0.15) is 0 Å². The van der Waals surface area contributed by atoms with Gasteiger partial charge in [0.05, 0.1) is 6.54 Å². The largest absolute Gasteiger partial charge is 0.398 e. The quantitative estimate of drug-likeness (QED) is 0.825. The van der Waals surface area contributed by atoms with E-state index >= 15 is 0 Å². The van der Waals surface area contributed by atoms with Crippen molar-refractivity contribution in [2.45, 2.75) is 19.5 Å². The first kappa shape index (κ1) is 10.7. The van der Waals surface area contributed by atoms with Crippen molar-refractivity contribution in [1.29, 1.82) is 0 Å². The summed E-state index contributed by atoms with van der Waals surface area (Å²) in [6, 6.07) is 6.23. The molecule has 0 bridgehead atoms. The average molecular weight is 245 g/mol. The lowest BCUT2D eigenvalue weighted by atomic mass is 9.98. The van der Waals surface area contributed by atoms with Crippen LogP contribution in [0.15, 0.2) is 29.8 Å². The van der Waals surface area contributed by atoms with Gasteiger partial charge in [0.25, 0.3) is 0 Å². The number of thiazole rings is 1. The van der Waals surface area contributed by atoms with E-state index in [0.29, 0.717) is 0 Å². The molecule has 1 aromatic heterocycles. The van der Waals surface area contributed by atoms with Crippen molar-refractivity contribution in [2.75, 3.05) is 12.3 Å². The van der Waals surface area contributed by atoms with Crippen molar-refractivity contribution in [2.24, 2.45) is 0 Å². The minimum atomic E-state index is 0.923. The first-order chi connectivity index (χ1) is 8.33. The van der Waals surface area contributed by atoms with Crippen LogP contribution in [0.3, 0.4) is 0 Å². The molecule has 1 aromatic carbocycles. The predicted molar refractivity (Wildman–Crippen MR) is 70.8 cm³/mol. The van der Waals surface area contributed by atoms with Crippen molar-refractivity contribution in [3.63, 3.8) is 0 Å². The van der Waals surface area contributed by atoms with Crippen LogP contribution in [0.25, 0.3) is 0 Å². The molecule has 2 N–H and O–H groups in total. The van der Waals surface area contributed by atoms with Crippen molar-refractivity contribution < 1.29 is 0 Å². The van der Waals surface area contributed by atoms with E-state index in [4.69, 9.17) is 5.73 Å². The second-order valence-corrected chi connectivity index (χ2v) is 5.35. The van der Waals surface area contributed by atoms with Crippen molar-refractivity contribution >= 4 is 17.0 Å². The van der Waals surface area contributed by atoms with Gasteiger partial charge in [-0.15, -0.1) is 11.3 Å². The Hall–Kier alpha value is -1.39. The molecule has 2 aromatic rings. The van der Waals surface area contributed by atoms with Crippen LogP contribution in [0.4, 0.5) is 5.69 Å². The minimum absolute atomic E-state index is 0.923. The zero-order valence-corrected chi connectivity index (χ0v) is 10.4. The van der Waals surface area contributed by atoms with Gasteiger partial charge in [0.1, 0.15) is 5.01 Å². The summed E-state index contributed by atoms with van der Waals surface area (Å²) in [4.78, 5) is 6.75. The van der Waals surface area contributed by atoms with Crippen LogP contribution in [0.2, 0.25) is 0 Å². The Morgan fingerprint density at radius 3 is 3.18 bits per heavy atom. The Morgan fingerprint density at radius 2 is 2.35 bits per heavy atom. The van der Waals surface area contributed by atoms with Gasteiger partial charge in [-0.25, -0.2) is 4.98 Å². The number of nitrogens with zero attached hydrogens (tertiary/aromatic N) is 2. The van der Waals surface area contributed by atoms with Gasteiger partial charge in [-0.05, 0) is 23.6 Å². The molecule has 17 heavy (non-hydrogen) atoms. The van der Waals surface area contributed by atoms with E-state index in [2.05, 4.69) is 16.0 Å². The van der Waals surface area contributed by atoms with Crippen LogP contribution >= 0.6 is 11.3 Å². The zero-order valence-electron chi connectivity index (χ0n) is 9.60. The Balaban J connectivity index is 1.78. The molecule has 0 amide bonds. The number of anilines is 1. The third-order valence-electron chi connectivity index (χ3n) is 3.23. The fourth-order valence-electron chi connectivity index (χ4n) is 2.32. The first-order valence-electron chi connectivity index (χ1n) is 5.80. The number of nitrogen functional groups attached to an aromatic ring is 1. The molecule has 0 saturated carbocycles. The van der Waals surface area contributed by atoms with Crippen molar-refractivity contribution in [3.8, 4) is 0 Å². The Bertz CT molecular complexity index is 507. The summed E-state index contributed by atoms with van der Waals surface area (Å²) in [5.74, 6) is 0. The summed E-state index contributed by atoms with van der Waals surface area (Å²) in [7, 11) is 0. The fraction of sp³-hybridized carbons (Fsp3) is 0.308. The molecule has 0 spiro atoms. The molecule has 3 rings (SSSR count). The molecule has 0 atom stereocenters. The lowest BCUT2D eigenvalue weighted by Gasteiger charge is -2.28. The van der Waals surface area contributed by atoms with Gasteiger partial charge in [-0.3, -0.25) is 4.90 Å². The summed E-state index contributed by atoms with van der Waals surface area (Å²) < 4.78 is 0. The second-order valence-electron chi connectivity index (χ2n) is 4.37. The van der Waals surface area contributed by atoms with E-state index in [1.807, 2.05) is 23.7 Å². The normalized spacial score (nSPS) is 15.8. The summed E-state index contributed by atoms with van der Waals surface area (Å²) in [5.41, 5.74) is 9.66. The zero-order chi connectivity index (χ0) is 11.7. The molecular formula is C13H15N3S. The maximum absolute atomic E-state index is 6.04. The van der Waals surface area contributed by atoms with Crippen LogP contribution in [-0.2, 0) is 19.5 Å². The van der Waals surface area contributed by atoms with E-state index in [1.165, 1.54) is 16.1 Å². The number of hydrogen-bond donors (Lipinski definition) is 1. The Labute approximate surface area is 105 Å². The minimum Gasteiger partial charge on any atom is -0.398 e. The third kappa shape index (κ3) is 2.18. The van der Waals surface area contributed by atoms with Gasteiger partial charge < -0.3 is 5.73 Å². The van der Waals surface area contributed by atoms with E-state index in [-0.39, 0.29) is 0 Å². The summed E-state index contributed by atoms with van der Waals surface area (Å²) in [6.07, 6.45) is 2.96. The molecule has 0 unspecified atom stereocenters. The number of aromatic nitrogens is 1. The highest BCUT2D eigenvalue weighted by molar-refractivity contribution is 7.09. The van der Waals surface area contributed by atoms with Crippen LogP contribution in [0.5, 0.6) is 0 Å². The fourth-order valence-corrected chi connectivity index (χ4v) is 2.98. The van der Waals surface area contributed by atoms with Crippen LogP contribution < -0.4 is 5.73 Å². The Kier molecular flexibility index (Phi) is 2.82. The highest BCUT2D eigenvalue weighted by Crippen LogP contribution is 2.25. The number of nitrogens with two attached hydrogens (primary N) is 1. The maximum atomic E-state index is 6.04. The van der Waals surface area contributed by atoms with Crippen LogP contribution in [-0.4, -0.2) is 16.4 Å². The topological polar surface area (TPSA) is 42.1 Å². The highest BCUT2D eigenvalue weighted by atomic mass is 32.1. The van der Waals surface area contributed by atoms with Gasteiger partial charge >= 0.3 is 0 Å². The van der Waals surface area contributed by atoms with Crippen molar-refractivity contribution in [1.82, 2.24) is 9.88 Å². The molecule has 1 aliphatic heterocycles. The third-order valence-corrected chi connectivity index (χ3v) is 4.00. The van der Waals surface area contributed by atoms with E-state index < -0.39 is 0 Å². The second kappa shape index (κ2) is 4.47. The van der Waals surface area contributed by atoms with Gasteiger partial charge in [0.2, 0.25) is 0 Å². The molecule has 1 aliphatic rings. The molecule has 3 nitrogen and oxygen atoms in total. The SMILES string of the molecule is Nc1cccc2c1CN(Cc1nccs1)CC2.